The third kappa shape index (κ3) is 5.45. The van der Waals surface area contributed by atoms with Gasteiger partial charge in [-0.3, -0.25) is 0 Å². The predicted molar refractivity (Wildman–Crippen MR) is 115 cm³/mol. The van der Waals surface area contributed by atoms with E-state index in [2.05, 4.69) is 29.0 Å². The number of aliphatic hydroxyl groups excluding tert-OH is 1. The van der Waals surface area contributed by atoms with Crippen LogP contribution in [0, 0.1) is 6.92 Å². The number of rotatable bonds is 5. The Kier molecular flexibility index (Phi) is 6.76. The van der Waals surface area contributed by atoms with Gasteiger partial charge < -0.3 is 0 Å². The normalized spacial score (nSPS) is 15.2. The van der Waals surface area contributed by atoms with Crippen LogP contribution in [-0.2, 0) is 12.8 Å². The van der Waals surface area contributed by atoms with Gasteiger partial charge in [0.2, 0.25) is 0 Å². The van der Waals surface area contributed by atoms with Crippen molar-refractivity contribution in [1.29, 1.82) is 0 Å². The third-order valence-corrected chi connectivity index (χ3v) is 9.44. The zero-order valence-corrected chi connectivity index (χ0v) is 20.1. The van der Waals surface area contributed by atoms with Crippen molar-refractivity contribution in [3.05, 3.63) is 69.5 Å². The molecule has 1 N–H and O–H groups in total. The molecule has 0 amide bonds. The van der Waals surface area contributed by atoms with Crippen molar-refractivity contribution in [3.8, 4) is 11.8 Å². The average Bonchev–Trinajstić information content (AvgIpc) is 3.22. The van der Waals surface area contributed by atoms with Gasteiger partial charge in [0.05, 0.1) is 0 Å². The van der Waals surface area contributed by atoms with Gasteiger partial charge in [-0.25, -0.2) is 0 Å². The molecule has 0 saturated carbocycles. The summed E-state index contributed by atoms with van der Waals surface area (Å²) in [6.07, 6.45) is -1.59. The first-order chi connectivity index (χ1) is 15.3. The molecule has 12 heteroatoms. The molecule has 0 saturated heterocycles. The molecule has 162 valence electrons. The molecular weight excluding hydrogens is 550 g/mol. The Labute approximate surface area is 195 Å². The Morgan fingerprint density at radius 3 is 2.69 bits per heavy atom. The van der Waals surface area contributed by atoms with E-state index < -0.39 is 32.9 Å². The molecule has 0 fully saturated rings. The summed E-state index contributed by atoms with van der Waals surface area (Å²) < 4.78 is 48.2. The molecule has 0 unspecified atom stereocenters. The number of para-hydroxylation sites is 1. The van der Waals surface area contributed by atoms with Crippen LogP contribution in [0.25, 0.3) is 4.91 Å². The van der Waals surface area contributed by atoms with E-state index in [9.17, 15) is 13.2 Å². The molecule has 2 aromatic heterocycles. The number of aryl methyl sites for hydroxylation is 1. The second-order valence-electron chi connectivity index (χ2n) is 6.47. The summed E-state index contributed by atoms with van der Waals surface area (Å²) in [5.41, 5.74) is 0.702. The number of ether oxygens (including phenoxy) is 1. The fourth-order valence-electron chi connectivity index (χ4n) is 2.66. The van der Waals surface area contributed by atoms with Crippen molar-refractivity contribution in [3.63, 3.8) is 0 Å². The second-order valence-corrected chi connectivity index (χ2v) is 11.5. The number of nitrogens with zero attached hydrogens (tertiary/aromatic N) is 5. The third-order valence-electron chi connectivity index (χ3n) is 4.08. The van der Waals surface area contributed by atoms with Gasteiger partial charge in [-0.15, -0.1) is 0 Å². The summed E-state index contributed by atoms with van der Waals surface area (Å²) in [6.45, 7) is 1.53. The zero-order chi connectivity index (χ0) is 22.7. The summed E-state index contributed by atoms with van der Waals surface area (Å²) in [7, 11) is 0. The van der Waals surface area contributed by atoms with Crippen LogP contribution >= 0.6 is 11.8 Å². The van der Waals surface area contributed by atoms with Crippen molar-refractivity contribution in [2.24, 2.45) is 4.99 Å². The summed E-state index contributed by atoms with van der Waals surface area (Å²) in [4.78, 5) is 22.0. The van der Waals surface area contributed by atoms with Gasteiger partial charge in [0.1, 0.15) is 0 Å². The van der Waals surface area contributed by atoms with Crippen LogP contribution in [-0.4, -0.2) is 49.2 Å². The first-order valence-electron chi connectivity index (χ1n) is 9.17. The van der Waals surface area contributed by atoms with E-state index in [0.29, 0.717) is 22.9 Å². The Balaban J connectivity index is 1.54. The number of hydrogen-bond donors (Lipinski definition) is 1. The van der Waals surface area contributed by atoms with Crippen molar-refractivity contribution < 1.29 is 23.0 Å². The topological polar surface area (TPSA) is 93.4 Å². The van der Waals surface area contributed by atoms with Crippen LogP contribution < -0.4 is 4.74 Å². The van der Waals surface area contributed by atoms with E-state index in [-0.39, 0.29) is 18.4 Å². The van der Waals surface area contributed by atoms with Gasteiger partial charge in [-0.1, -0.05) is 0 Å². The first-order valence-corrected chi connectivity index (χ1v) is 13.1. The van der Waals surface area contributed by atoms with Crippen LogP contribution in [0.4, 0.5) is 19.0 Å². The van der Waals surface area contributed by atoms with Crippen molar-refractivity contribution >= 4 is 46.7 Å². The maximum atomic E-state index is 13.3. The molecule has 1 aliphatic heterocycles. The predicted octanol–water partition coefficient (Wildman–Crippen LogP) is 4.32. The van der Waals surface area contributed by atoms with Crippen molar-refractivity contribution in [1.82, 2.24) is 19.9 Å². The van der Waals surface area contributed by atoms with Gasteiger partial charge in [0.25, 0.3) is 0 Å². The molecule has 32 heavy (non-hydrogen) atoms. The number of hydrogen-bond acceptors (Lipinski definition) is 8. The molecule has 1 aromatic carbocycles. The molecule has 2 radical (unpaired) electrons. The van der Waals surface area contributed by atoms with E-state index in [4.69, 9.17) is 9.84 Å². The zero-order valence-electron chi connectivity index (χ0n) is 16.5. The number of halogens is 3. The van der Waals surface area contributed by atoms with Gasteiger partial charge in [-0.05, 0) is 0 Å². The SMILES string of the molecule is Cc1cc(C2=[CH][Sn][C](=Nc3cnc(CO)cn3)S2)nc(Oc2ccccc2C(F)(F)F)n1. The fraction of sp³-hybridized carbons (Fsp3) is 0.150. The molecule has 0 atom stereocenters. The van der Waals surface area contributed by atoms with Crippen LogP contribution in [0.3, 0.4) is 0 Å². The standard InChI is InChI=1S/C20H14F3N5O2S.Sn/c1-12-7-16(13(2)31-11-26-18-9-24-14(10-29)8-25-18)28-19(27-12)30-17-6-4-3-5-15(17)20(21,22)23;/h2-9,29H,10H2,1H3;. The van der Waals surface area contributed by atoms with Crippen LogP contribution in [0.15, 0.2) is 51.8 Å². The van der Waals surface area contributed by atoms with Crippen LogP contribution in [0.5, 0.6) is 11.8 Å². The fourth-order valence-corrected chi connectivity index (χ4v) is 7.74. The van der Waals surface area contributed by atoms with E-state index in [1.165, 1.54) is 42.4 Å². The number of aliphatic imine (C=N–C) groups is 1. The van der Waals surface area contributed by atoms with Gasteiger partial charge >= 0.3 is 196 Å². The molecule has 4 rings (SSSR count). The van der Waals surface area contributed by atoms with E-state index >= 15 is 0 Å². The van der Waals surface area contributed by atoms with Gasteiger partial charge in [0, 0.05) is 0 Å². The number of benzene rings is 1. The van der Waals surface area contributed by atoms with Gasteiger partial charge in [0.15, 0.2) is 0 Å². The molecule has 0 spiro atoms. The molecule has 3 heterocycles. The maximum absolute atomic E-state index is 13.3. The average molecular weight is 564 g/mol. The molecule has 7 nitrogen and oxygen atoms in total. The number of alkyl halides is 3. The van der Waals surface area contributed by atoms with Crippen LogP contribution in [0.2, 0.25) is 0 Å². The van der Waals surface area contributed by atoms with Crippen molar-refractivity contribution in [2.75, 3.05) is 0 Å². The summed E-state index contributed by atoms with van der Waals surface area (Å²) in [6, 6.07) is 6.54. The number of aromatic nitrogens is 4. The summed E-state index contributed by atoms with van der Waals surface area (Å²) in [5.74, 6) is 0.0973. The molecule has 1 aliphatic rings. The number of thioether (sulfide) groups is 1. The Hall–Kier alpha value is -2.51. The Morgan fingerprint density at radius 1 is 1.16 bits per heavy atom. The Bertz CT molecular complexity index is 1200. The first kappa shape index (κ1) is 22.7. The van der Waals surface area contributed by atoms with Crippen molar-refractivity contribution in [2.45, 2.75) is 19.7 Å². The Morgan fingerprint density at radius 2 is 1.97 bits per heavy atom. The van der Waals surface area contributed by atoms with E-state index in [1.54, 1.807) is 13.0 Å². The van der Waals surface area contributed by atoms with E-state index in [1.807, 2.05) is 0 Å². The number of aliphatic hydroxyl groups is 1. The molecular formula is C20H14F3N5O2SSn. The summed E-state index contributed by atoms with van der Waals surface area (Å²) in [5, 5.41) is 9.05. The minimum absolute atomic E-state index is 0.153. The van der Waals surface area contributed by atoms with Crippen LogP contribution in [0.1, 0.15) is 22.6 Å². The molecule has 3 aromatic rings. The van der Waals surface area contributed by atoms with Gasteiger partial charge in [-0.2, -0.15) is 0 Å². The molecule has 0 bridgehead atoms. The quantitative estimate of drug-likeness (QED) is 0.462. The monoisotopic (exact) mass is 565 g/mol. The second kappa shape index (κ2) is 9.55. The van der Waals surface area contributed by atoms with E-state index in [0.717, 1.165) is 14.0 Å². The molecule has 0 aliphatic carbocycles. The summed E-state index contributed by atoms with van der Waals surface area (Å²) >= 11 is 0.324. The minimum atomic E-state index is -4.55.